The standard InChI is InChI=1S/C22H38N2/c1-3-24-17-22(16-23-2)14-20(18-10-6-4-7-11-18)21(15-22)19-12-8-5-9-13-19/h14-15,18-19,23-24H,3-13,16-17H2,1-2H3. The van der Waals surface area contributed by atoms with E-state index in [1.54, 1.807) is 11.1 Å². The van der Waals surface area contributed by atoms with Gasteiger partial charge in [-0.3, -0.25) is 0 Å². The molecule has 0 aromatic rings. The van der Waals surface area contributed by atoms with Gasteiger partial charge in [-0.15, -0.1) is 0 Å². The van der Waals surface area contributed by atoms with E-state index in [1.807, 2.05) is 0 Å². The fourth-order valence-electron chi connectivity index (χ4n) is 5.32. The van der Waals surface area contributed by atoms with Gasteiger partial charge in [-0.1, -0.05) is 57.6 Å². The van der Waals surface area contributed by atoms with Gasteiger partial charge in [0.25, 0.3) is 0 Å². The quantitative estimate of drug-likeness (QED) is 0.699. The van der Waals surface area contributed by atoms with Gasteiger partial charge in [0, 0.05) is 18.5 Å². The minimum absolute atomic E-state index is 0.199. The van der Waals surface area contributed by atoms with E-state index in [0.29, 0.717) is 0 Å². The van der Waals surface area contributed by atoms with Gasteiger partial charge in [0.05, 0.1) is 0 Å². The van der Waals surface area contributed by atoms with Crippen LogP contribution in [0.2, 0.25) is 0 Å². The SMILES string of the molecule is CCNCC1(CNC)C=C(C2CCCCC2)C(C2CCCCC2)=C1. The van der Waals surface area contributed by atoms with Crippen LogP contribution in [-0.2, 0) is 0 Å². The summed E-state index contributed by atoms with van der Waals surface area (Å²) in [6.07, 6.45) is 19.7. The molecule has 0 aromatic heterocycles. The topological polar surface area (TPSA) is 24.1 Å². The normalized spacial score (nSPS) is 25.6. The largest absolute Gasteiger partial charge is 0.319 e. The second kappa shape index (κ2) is 8.67. The zero-order chi connectivity index (χ0) is 16.8. The van der Waals surface area contributed by atoms with Gasteiger partial charge in [0.1, 0.15) is 0 Å². The van der Waals surface area contributed by atoms with Crippen molar-refractivity contribution in [2.45, 2.75) is 71.1 Å². The summed E-state index contributed by atoms with van der Waals surface area (Å²) in [4.78, 5) is 0. The summed E-state index contributed by atoms with van der Waals surface area (Å²) in [5.41, 5.74) is 3.72. The molecular weight excluding hydrogens is 292 g/mol. The van der Waals surface area contributed by atoms with E-state index in [4.69, 9.17) is 0 Å². The highest BCUT2D eigenvalue weighted by atomic mass is 14.9. The maximum absolute atomic E-state index is 3.63. The third-order valence-corrected chi connectivity index (χ3v) is 6.52. The van der Waals surface area contributed by atoms with Crippen molar-refractivity contribution < 1.29 is 0 Å². The molecule has 0 aliphatic heterocycles. The Hall–Kier alpha value is -0.600. The van der Waals surface area contributed by atoms with E-state index >= 15 is 0 Å². The molecule has 2 saturated carbocycles. The summed E-state index contributed by atoms with van der Waals surface area (Å²) in [6, 6.07) is 0. The molecule has 0 atom stereocenters. The maximum atomic E-state index is 3.63. The molecular formula is C22H38N2. The molecule has 136 valence electrons. The summed E-state index contributed by atoms with van der Waals surface area (Å²) in [6.45, 7) is 5.42. The van der Waals surface area contributed by atoms with Crippen molar-refractivity contribution in [3.63, 3.8) is 0 Å². The van der Waals surface area contributed by atoms with Crippen molar-refractivity contribution in [2.24, 2.45) is 17.3 Å². The summed E-state index contributed by atoms with van der Waals surface area (Å²) in [5.74, 6) is 1.68. The lowest BCUT2D eigenvalue weighted by atomic mass is 9.75. The van der Waals surface area contributed by atoms with E-state index < -0.39 is 0 Å². The molecule has 3 aliphatic carbocycles. The predicted molar refractivity (Wildman–Crippen MR) is 104 cm³/mol. The van der Waals surface area contributed by atoms with Crippen LogP contribution in [0, 0.1) is 17.3 Å². The van der Waals surface area contributed by atoms with Crippen LogP contribution >= 0.6 is 0 Å². The molecule has 0 saturated heterocycles. The molecule has 0 spiro atoms. The highest BCUT2D eigenvalue weighted by Crippen LogP contribution is 2.47. The number of hydrogen-bond donors (Lipinski definition) is 2. The van der Waals surface area contributed by atoms with Gasteiger partial charge in [-0.05, 0) is 62.3 Å². The Morgan fingerprint density at radius 2 is 1.33 bits per heavy atom. The molecule has 2 heteroatoms. The average molecular weight is 331 g/mol. The van der Waals surface area contributed by atoms with E-state index in [0.717, 1.165) is 31.5 Å². The van der Waals surface area contributed by atoms with Crippen LogP contribution in [0.5, 0.6) is 0 Å². The molecule has 2 fully saturated rings. The van der Waals surface area contributed by atoms with Crippen LogP contribution in [0.1, 0.15) is 71.1 Å². The first-order chi connectivity index (χ1) is 11.8. The zero-order valence-electron chi connectivity index (χ0n) is 16.0. The lowest BCUT2D eigenvalue weighted by molar-refractivity contribution is 0.376. The zero-order valence-corrected chi connectivity index (χ0v) is 16.0. The number of rotatable bonds is 7. The monoisotopic (exact) mass is 330 g/mol. The Morgan fingerprint density at radius 3 is 1.75 bits per heavy atom. The van der Waals surface area contributed by atoms with Gasteiger partial charge < -0.3 is 10.6 Å². The molecule has 0 amide bonds. The predicted octanol–water partition coefficient (Wildman–Crippen LogP) is 4.83. The fourth-order valence-corrected chi connectivity index (χ4v) is 5.32. The van der Waals surface area contributed by atoms with Crippen LogP contribution in [0.25, 0.3) is 0 Å². The Labute approximate surface area is 149 Å². The molecule has 0 heterocycles. The van der Waals surface area contributed by atoms with Crippen molar-refractivity contribution in [2.75, 3.05) is 26.7 Å². The molecule has 0 radical (unpaired) electrons. The van der Waals surface area contributed by atoms with E-state index in [-0.39, 0.29) is 5.41 Å². The third-order valence-electron chi connectivity index (χ3n) is 6.52. The Kier molecular flexibility index (Phi) is 6.57. The Morgan fingerprint density at radius 1 is 0.833 bits per heavy atom. The molecule has 0 aromatic carbocycles. The second-order valence-corrected chi connectivity index (χ2v) is 8.41. The summed E-state index contributed by atoms with van der Waals surface area (Å²) < 4.78 is 0. The molecule has 3 aliphatic rings. The summed E-state index contributed by atoms with van der Waals surface area (Å²) >= 11 is 0. The van der Waals surface area contributed by atoms with Crippen LogP contribution in [0.3, 0.4) is 0 Å². The van der Waals surface area contributed by atoms with Gasteiger partial charge >= 0.3 is 0 Å². The van der Waals surface area contributed by atoms with Crippen LogP contribution in [0.15, 0.2) is 23.3 Å². The molecule has 24 heavy (non-hydrogen) atoms. The molecule has 2 nitrogen and oxygen atoms in total. The number of hydrogen-bond acceptors (Lipinski definition) is 2. The van der Waals surface area contributed by atoms with Crippen LogP contribution < -0.4 is 10.6 Å². The lowest BCUT2D eigenvalue weighted by Gasteiger charge is -2.30. The maximum Gasteiger partial charge on any atom is 0.0323 e. The Bertz CT molecular complexity index is 417. The van der Waals surface area contributed by atoms with E-state index in [1.165, 1.54) is 64.2 Å². The van der Waals surface area contributed by atoms with E-state index in [2.05, 4.69) is 36.8 Å². The first-order valence-electron chi connectivity index (χ1n) is 10.6. The van der Waals surface area contributed by atoms with Crippen molar-refractivity contribution >= 4 is 0 Å². The van der Waals surface area contributed by atoms with Crippen molar-refractivity contribution in [3.05, 3.63) is 23.3 Å². The van der Waals surface area contributed by atoms with Crippen LogP contribution in [-0.4, -0.2) is 26.7 Å². The molecule has 0 bridgehead atoms. The van der Waals surface area contributed by atoms with Crippen molar-refractivity contribution in [1.29, 1.82) is 0 Å². The van der Waals surface area contributed by atoms with Crippen LogP contribution in [0.4, 0.5) is 0 Å². The van der Waals surface area contributed by atoms with Gasteiger partial charge in [-0.25, -0.2) is 0 Å². The summed E-state index contributed by atoms with van der Waals surface area (Å²) in [7, 11) is 2.11. The fraction of sp³-hybridized carbons (Fsp3) is 0.818. The van der Waals surface area contributed by atoms with Gasteiger partial charge in [0.2, 0.25) is 0 Å². The smallest absolute Gasteiger partial charge is 0.0323 e. The first-order valence-corrected chi connectivity index (χ1v) is 10.6. The molecule has 0 unspecified atom stereocenters. The second-order valence-electron chi connectivity index (χ2n) is 8.41. The molecule has 3 rings (SSSR count). The summed E-state index contributed by atoms with van der Waals surface area (Å²) in [5, 5.41) is 7.11. The van der Waals surface area contributed by atoms with Crippen molar-refractivity contribution in [1.82, 2.24) is 10.6 Å². The van der Waals surface area contributed by atoms with Crippen molar-refractivity contribution in [3.8, 4) is 0 Å². The lowest BCUT2D eigenvalue weighted by Crippen LogP contribution is -2.38. The number of allylic oxidation sites excluding steroid dienone is 2. The average Bonchev–Trinajstić information content (AvgIpc) is 3.02. The molecule has 2 N–H and O–H groups in total. The van der Waals surface area contributed by atoms with E-state index in [9.17, 15) is 0 Å². The third kappa shape index (κ3) is 4.14. The minimum Gasteiger partial charge on any atom is -0.319 e. The number of nitrogens with one attached hydrogen (secondary N) is 2. The van der Waals surface area contributed by atoms with Gasteiger partial charge in [0.15, 0.2) is 0 Å². The minimum atomic E-state index is 0.199. The highest BCUT2D eigenvalue weighted by molar-refractivity contribution is 5.46. The highest BCUT2D eigenvalue weighted by Gasteiger charge is 2.37. The van der Waals surface area contributed by atoms with Gasteiger partial charge in [-0.2, -0.15) is 0 Å². The first kappa shape index (κ1) is 18.2. The Balaban J connectivity index is 1.87.